The Bertz CT molecular complexity index is 1060. The van der Waals surface area contributed by atoms with Crippen LogP contribution in [-0.4, -0.2) is 58.9 Å². The van der Waals surface area contributed by atoms with Crippen LogP contribution in [0.25, 0.3) is 0 Å². The first-order valence-electron chi connectivity index (χ1n) is 14.6. The van der Waals surface area contributed by atoms with Crippen molar-refractivity contribution in [3.05, 3.63) is 34.4 Å². The molecular weight excluding hydrogens is 468 g/mol. The van der Waals surface area contributed by atoms with Crippen LogP contribution in [0.3, 0.4) is 0 Å². The fraction of sp³-hybridized carbons (Fsp3) is 0.800. The summed E-state index contributed by atoms with van der Waals surface area (Å²) in [6.45, 7) is 9.21. The fourth-order valence-corrected chi connectivity index (χ4v) is 10.4. The van der Waals surface area contributed by atoms with Gasteiger partial charge in [-0.3, -0.25) is 9.69 Å². The lowest BCUT2D eigenvalue weighted by molar-refractivity contribution is -0.204. The molecular formula is C30H44N2O5. The van der Waals surface area contributed by atoms with Crippen LogP contribution in [0.15, 0.2) is 27.6 Å². The van der Waals surface area contributed by atoms with Gasteiger partial charge in [0.15, 0.2) is 0 Å². The van der Waals surface area contributed by atoms with E-state index >= 15 is 0 Å². The first kappa shape index (κ1) is 25.6. The number of aliphatic carboxylic acids is 1. The number of hydrogen-bond acceptors (Lipinski definition) is 6. The smallest absolute Gasteiger partial charge is 0.335 e. The van der Waals surface area contributed by atoms with Crippen molar-refractivity contribution < 1.29 is 19.4 Å². The van der Waals surface area contributed by atoms with Gasteiger partial charge < -0.3 is 19.9 Å². The van der Waals surface area contributed by atoms with E-state index in [4.69, 9.17) is 4.42 Å². The molecule has 204 valence electrons. The van der Waals surface area contributed by atoms with Gasteiger partial charge in [0.25, 0.3) is 0 Å². The molecule has 4 aliphatic carbocycles. The van der Waals surface area contributed by atoms with E-state index in [0.717, 1.165) is 57.4 Å². The van der Waals surface area contributed by atoms with Crippen LogP contribution >= 0.6 is 0 Å². The molecule has 37 heavy (non-hydrogen) atoms. The largest absolute Gasteiger partial charge is 0.481 e. The van der Waals surface area contributed by atoms with E-state index in [1.807, 2.05) is 0 Å². The van der Waals surface area contributed by atoms with Gasteiger partial charge in [0, 0.05) is 50.1 Å². The number of hydrogen-bond donors (Lipinski definition) is 3. The Morgan fingerprint density at radius 3 is 2.59 bits per heavy atom. The second kappa shape index (κ2) is 9.20. The molecule has 3 N–H and O–H groups in total. The standard InChI is InChI=1S/C30H44N2O5/c1-28-9-7-22(32-13-11-31-12-14-32)16-21(28)4-5-24-23(28)8-10-29(2)27(19-3-6-26(35)37-18-19)20(15-25(33)34)17-30(24,29)36/h3,6,18,20-24,27,31,36H,4-5,7-17H2,1-2H3,(H,33,34)/t20-,21-,22?,23+,24-,27+,28+,29-,30+/m1/s1. The molecule has 1 aliphatic heterocycles. The van der Waals surface area contributed by atoms with Crippen LogP contribution < -0.4 is 10.9 Å². The van der Waals surface area contributed by atoms with Gasteiger partial charge in [-0.2, -0.15) is 0 Å². The zero-order valence-corrected chi connectivity index (χ0v) is 22.5. The Morgan fingerprint density at radius 2 is 1.89 bits per heavy atom. The number of nitrogens with one attached hydrogen (secondary N) is 1. The molecule has 5 aliphatic rings. The first-order valence-corrected chi connectivity index (χ1v) is 14.6. The predicted octanol–water partition coefficient (Wildman–Crippen LogP) is 3.86. The van der Waals surface area contributed by atoms with Gasteiger partial charge in [0.1, 0.15) is 0 Å². The van der Waals surface area contributed by atoms with E-state index < -0.39 is 22.6 Å². The number of aliphatic hydroxyl groups is 1. The third-order valence-corrected chi connectivity index (χ3v) is 12.2. The number of nitrogens with zero attached hydrogens (tertiary/aromatic N) is 1. The summed E-state index contributed by atoms with van der Waals surface area (Å²) in [5, 5.41) is 26.0. The van der Waals surface area contributed by atoms with Gasteiger partial charge in [-0.15, -0.1) is 0 Å². The van der Waals surface area contributed by atoms with Crippen molar-refractivity contribution in [2.24, 2.45) is 34.5 Å². The highest BCUT2D eigenvalue weighted by Gasteiger charge is 2.69. The van der Waals surface area contributed by atoms with Gasteiger partial charge in [0.05, 0.1) is 11.9 Å². The summed E-state index contributed by atoms with van der Waals surface area (Å²) in [7, 11) is 0. The Hall–Kier alpha value is -1.70. The Kier molecular flexibility index (Phi) is 6.36. The van der Waals surface area contributed by atoms with E-state index in [0.29, 0.717) is 24.3 Å². The lowest BCUT2D eigenvalue weighted by atomic mass is 9.43. The van der Waals surface area contributed by atoms with Crippen LogP contribution in [-0.2, 0) is 4.79 Å². The van der Waals surface area contributed by atoms with Gasteiger partial charge in [-0.05, 0) is 98.0 Å². The molecule has 9 atom stereocenters. The molecule has 0 amide bonds. The van der Waals surface area contributed by atoms with E-state index in [-0.39, 0.29) is 29.6 Å². The summed E-state index contributed by atoms with van der Waals surface area (Å²) >= 11 is 0. The molecule has 0 bridgehead atoms. The quantitative estimate of drug-likeness (QED) is 0.563. The van der Waals surface area contributed by atoms with E-state index in [9.17, 15) is 19.8 Å². The second-order valence-electron chi connectivity index (χ2n) is 13.5. The third kappa shape index (κ3) is 3.94. The van der Waals surface area contributed by atoms with Crippen LogP contribution in [0.1, 0.15) is 83.1 Å². The Morgan fingerprint density at radius 1 is 1.11 bits per heavy atom. The SMILES string of the molecule is C[C@]12CCC(N3CCNCC3)C[C@H]1CC[C@@H]1[C@@H]2CC[C@]2(C)[C@@H](c3ccc(=O)oc3)[C@H](CC(=O)O)C[C@]12O. The van der Waals surface area contributed by atoms with Crippen molar-refractivity contribution in [2.45, 2.75) is 89.2 Å². The number of piperazine rings is 1. The number of carboxylic acids is 1. The third-order valence-electron chi connectivity index (χ3n) is 12.2. The highest BCUT2D eigenvalue weighted by Crippen LogP contribution is 2.72. The molecule has 1 aromatic heterocycles. The number of carboxylic acid groups (broad SMARTS) is 1. The average molecular weight is 513 g/mol. The molecule has 1 unspecified atom stereocenters. The van der Waals surface area contributed by atoms with Crippen molar-refractivity contribution in [1.82, 2.24) is 10.2 Å². The lowest BCUT2D eigenvalue weighted by Gasteiger charge is -2.64. The highest BCUT2D eigenvalue weighted by atomic mass is 16.4. The Labute approximate surface area is 220 Å². The minimum absolute atomic E-state index is 0.0331. The molecule has 7 nitrogen and oxygen atoms in total. The molecule has 1 aromatic rings. The monoisotopic (exact) mass is 512 g/mol. The number of carbonyl (C=O) groups is 1. The van der Waals surface area contributed by atoms with Crippen molar-refractivity contribution >= 4 is 5.97 Å². The van der Waals surface area contributed by atoms with Crippen molar-refractivity contribution in [1.29, 1.82) is 0 Å². The van der Waals surface area contributed by atoms with Crippen LogP contribution in [0, 0.1) is 34.5 Å². The normalized spacial score (nSPS) is 46.0. The van der Waals surface area contributed by atoms with Crippen LogP contribution in [0.4, 0.5) is 0 Å². The summed E-state index contributed by atoms with van der Waals surface area (Å²) in [6.07, 6.45) is 9.98. The predicted molar refractivity (Wildman–Crippen MR) is 140 cm³/mol. The second-order valence-corrected chi connectivity index (χ2v) is 13.5. The first-order chi connectivity index (χ1) is 17.7. The Balaban J connectivity index is 1.29. The van der Waals surface area contributed by atoms with Crippen LogP contribution in [0.5, 0.6) is 0 Å². The van der Waals surface area contributed by atoms with E-state index in [1.54, 1.807) is 6.07 Å². The van der Waals surface area contributed by atoms with Gasteiger partial charge >= 0.3 is 11.6 Å². The van der Waals surface area contributed by atoms with Gasteiger partial charge in [-0.25, -0.2) is 4.79 Å². The van der Waals surface area contributed by atoms with Gasteiger partial charge in [0.2, 0.25) is 0 Å². The molecule has 4 saturated carbocycles. The maximum absolute atomic E-state index is 12.7. The van der Waals surface area contributed by atoms with E-state index in [1.165, 1.54) is 31.6 Å². The van der Waals surface area contributed by atoms with Crippen LogP contribution in [0.2, 0.25) is 0 Å². The molecule has 0 radical (unpaired) electrons. The summed E-state index contributed by atoms with van der Waals surface area (Å²) in [5.74, 6) is 0.245. The number of fused-ring (bicyclic) bond motifs is 5. The number of rotatable bonds is 4. The van der Waals surface area contributed by atoms with E-state index in [2.05, 4.69) is 24.1 Å². The molecule has 0 aromatic carbocycles. The molecule has 5 fully saturated rings. The minimum Gasteiger partial charge on any atom is -0.481 e. The topological polar surface area (TPSA) is 103 Å². The van der Waals surface area contributed by atoms with Crippen molar-refractivity contribution in [3.8, 4) is 0 Å². The molecule has 2 heterocycles. The summed E-state index contributed by atoms with van der Waals surface area (Å²) in [4.78, 5) is 26.3. The maximum atomic E-state index is 12.7. The van der Waals surface area contributed by atoms with Crippen molar-refractivity contribution in [2.75, 3.05) is 26.2 Å². The average Bonchev–Trinajstić information content (AvgIpc) is 3.10. The maximum Gasteiger partial charge on any atom is 0.335 e. The molecule has 1 saturated heterocycles. The molecule has 7 heteroatoms. The summed E-state index contributed by atoms with van der Waals surface area (Å²) in [6, 6.07) is 3.92. The van der Waals surface area contributed by atoms with Crippen molar-refractivity contribution in [3.63, 3.8) is 0 Å². The fourth-order valence-electron chi connectivity index (χ4n) is 10.4. The lowest BCUT2D eigenvalue weighted by Crippen LogP contribution is -2.62. The summed E-state index contributed by atoms with van der Waals surface area (Å²) in [5.41, 5.74) is -0.637. The van der Waals surface area contributed by atoms with Gasteiger partial charge in [-0.1, -0.05) is 13.8 Å². The highest BCUT2D eigenvalue weighted by molar-refractivity contribution is 5.67. The minimum atomic E-state index is -0.903. The molecule has 0 spiro atoms. The zero-order valence-electron chi connectivity index (χ0n) is 22.5. The zero-order chi connectivity index (χ0) is 26.0. The molecule has 6 rings (SSSR count). The summed E-state index contributed by atoms with van der Waals surface area (Å²) < 4.78 is 5.24.